The van der Waals surface area contributed by atoms with E-state index in [2.05, 4.69) is 85.3 Å². The summed E-state index contributed by atoms with van der Waals surface area (Å²) in [7, 11) is 1.68. The Morgan fingerprint density at radius 3 is 2.18 bits per heavy atom. The van der Waals surface area contributed by atoms with Crippen molar-refractivity contribution in [2.24, 2.45) is 17.8 Å². The van der Waals surface area contributed by atoms with Crippen LogP contribution in [0.3, 0.4) is 0 Å². The number of ketones is 1. The lowest BCUT2D eigenvalue weighted by molar-refractivity contribution is -0.128. The van der Waals surface area contributed by atoms with E-state index in [-0.39, 0.29) is 10.2 Å². The predicted molar refractivity (Wildman–Crippen MR) is 121 cm³/mol. The molecule has 0 spiro atoms. The SMILES string of the molecule is COc1ccc(-c2ccc(/C=C/C3C(=O)[C@@](Br)(C(C)C)CC[C@H]3C)cc2)cc1. The van der Waals surface area contributed by atoms with Crippen LogP contribution in [-0.2, 0) is 4.79 Å². The fourth-order valence-electron chi connectivity index (χ4n) is 3.91. The Morgan fingerprint density at radius 1 is 1.07 bits per heavy atom. The van der Waals surface area contributed by atoms with Crippen molar-refractivity contribution in [1.29, 1.82) is 0 Å². The van der Waals surface area contributed by atoms with E-state index in [1.807, 2.05) is 12.1 Å². The van der Waals surface area contributed by atoms with Crippen LogP contribution in [0.1, 0.15) is 39.2 Å². The molecule has 3 heteroatoms. The minimum atomic E-state index is -0.382. The van der Waals surface area contributed by atoms with Gasteiger partial charge in [0.05, 0.1) is 11.4 Å². The van der Waals surface area contributed by atoms with Crippen molar-refractivity contribution in [3.05, 3.63) is 60.2 Å². The highest BCUT2D eigenvalue weighted by Crippen LogP contribution is 2.44. The van der Waals surface area contributed by atoms with Crippen LogP contribution in [0, 0.1) is 17.8 Å². The number of benzene rings is 2. The molecule has 1 saturated carbocycles. The molecular weight excluding hydrogens is 412 g/mol. The second-order valence-electron chi connectivity index (χ2n) is 8.13. The number of carbonyl (C=O) groups excluding carboxylic acids is 1. The van der Waals surface area contributed by atoms with Crippen LogP contribution in [0.4, 0.5) is 0 Å². The highest BCUT2D eigenvalue weighted by Gasteiger charge is 2.46. The molecule has 3 rings (SSSR count). The second-order valence-corrected chi connectivity index (χ2v) is 9.55. The minimum absolute atomic E-state index is 0.0308. The number of hydrogen-bond donors (Lipinski definition) is 0. The number of alkyl halides is 1. The Morgan fingerprint density at radius 2 is 1.64 bits per heavy atom. The molecule has 0 heterocycles. The summed E-state index contributed by atoms with van der Waals surface area (Å²) in [5, 5.41) is 0. The first-order valence-electron chi connectivity index (χ1n) is 10.0. The van der Waals surface area contributed by atoms with Gasteiger partial charge in [0.25, 0.3) is 0 Å². The third-order valence-corrected chi connectivity index (χ3v) is 7.74. The van der Waals surface area contributed by atoms with E-state index in [1.54, 1.807) is 7.11 Å². The first-order valence-corrected chi connectivity index (χ1v) is 10.8. The largest absolute Gasteiger partial charge is 0.497 e. The first-order chi connectivity index (χ1) is 13.3. The van der Waals surface area contributed by atoms with Crippen LogP contribution in [0.15, 0.2) is 54.6 Å². The number of rotatable bonds is 5. The van der Waals surface area contributed by atoms with Gasteiger partial charge < -0.3 is 4.74 Å². The molecule has 3 atom stereocenters. The van der Waals surface area contributed by atoms with Crippen molar-refractivity contribution in [2.45, 2.75) is 37.9 Å². The van der Waals surface area contributed by atoms with Crippen molar-refractivity contribution in [1.82, 2.24) is 0 Å². The Labute approximate surface area is 177 Å². The average Bonchev–Trinajstić information content (AvgIpc) is 2.71. The number of ether oxygens (including phenoxy) is 1. The Kier molecular flexibility index (Phi) is 6.44. The van der Waals surface area contributed by atoms with Gasteiger partial charge in [-0.25, -0.2) is 0 Å². The minimum Gasteiger partial charge on any atom is -0.497 e. The van der Waals surface area contributed by atoms with Crippen molar-refractivity contribution < 1.29 is 9.53 Å². The zero-order valence-corrected chi connectivity index (χ0v) is 18.7. The van der Waals surface area contributed by atoms with Gasteiger partial charge in [0.2, 0.25) is 0 Å². The summed E-state index contributed by atoms with van der Waals surface area (Å²) in [5.74, 6) is 1.84. The molecule has 28 heavy (non-hydrogen) atoms. The average molecular weight is 441 g/mol. The van der Waals surface area contributed by atoms with Crippen molar-refractivity contribution >= 4 is 27.8 Å². The third kappa shape index (κ3) is 4.25. The van der Waals surface area contributed by atoms with Gasteiger partial charge in [-0.3, -0.25) is 4.79 Å². The Hall–Kier alpha value is -1.87. The summed E-state index contributed by atoms with van der Waals surface area (Å²) in [4.78, 5) is 13.1. The summed E-state index contributed by atoms with van der Waals surface area (Å²) >= 11 is 3.77. The maximum atomic E-state index is 13.1. The maximum Gasteiger partial charge on any atom is 0.156 e. The van der Waals surface area contributed by atoms with Crippen molar-refractivity contribution in [2.75, 3.05) is 7.11 Å². The van der Waals surface area contributed by atoms with Gasteiger partial charge in [0, 0.05) is 5.92 Å². The molecule has 1 fully saturated rings. The molecular formula is C25H29BrO2. The van der Waals surface area contributed by atoms with Crippen molar-refractivity contribution in [3.63, 3.8) is 0 Å². The molecule has 0 radical (unpaired) electrons. The number of carbonyl (C=O) groups is 1. The summed E-state index contributed by atoms with van der Waals surface area (Å²) < 4.78 is 4.84. The van der Waals surface area contributed by atoms with Crippen LogP contribution in [-0.4, -0.2) is 17.2 Å². The van der Waals surface area contributed by atoms with E-state index in [9.17, 15) is 4.79 Å². The van der Waals surface area contributed by atoms with E-state index < -0.39 is 0 Å². The highest BCUT2D eigenvalue weighted by molar-refractivity contribution is 9.10. The molecule has 0 N–H and O–H groups in total. The van der Waals surface area contributed by atoms with Crippen LogP contribution >= 0.6 is 15.9 Å². The van der Waals surface area contributed by atoms with Crippen LogP contribution in [0.5, 0.6) is 5.75 Å². The molecule has 148 valence electrons. The second kappa shape index (κ2) is 8.65. The van der Waals surface area contributed by atoms with Crippen LogP contribution < -0.4 is 4.74 Å². The highest BCUT2D eigenvalue weighted by atomic mass is 79.9. The molecule has 1 aliphatic rings. The molecule has 0 amide bonds. The van der Waals surface area contributed by atoms with E-state index in [1.165, 1.54) is 5.56 Å². The summed E-state index contributed by atoms with van der Waals surface area (Å²) in [6, 6.07) is 16.5. The van der Waals surface area contributed by atoms with E-state index >= 15 is 0 Å². The van der Waals surface area contributed by atoms with E-state index in [0.717, 1.165) is 29.7 Å². The molecule has 2 aromatic carbocycles. The van der Waals surface area contributed by atoms with Gasteiger partial charge in [-0.05, 0) is 53.5 Å². The Bertz CT molecular complexity index is 836. The number of hydrogen-bond acceptors (Lipinski definition) is 2. The fraction of sp³-hybridized carbons (Fsp3) is 0.400. The summed E-state index contributed by atoms with van der Waals surface area (Å²) in [6.07, 6.45) is 6.19. The van der Waals surface area contributed by atoms with Crippen LogP contribution in [0.2, 0.25) is 0 Å². The lowest BCUT2D eigenvalue weighted by Gasteiger charge is -2.40. The molecule has 2 nitrogen and oxygen atoms in total. The normalized spacial score (nSPS) is 25.4. The predicted octanol–water partition coefficient (Wildman–Crippen LogP) is 6.78. The van der Waals surface area contributed by atoms with E-state index in [0.29, 0.717) is 17.6 Å². The zero-order chi connectivity index (χ0) is 20.3. The van der Waals surface area contributed by atoms with Gasteiger partial charge in [0.1, 0.15) is 5.75 Å². The fourth-order valence-corrected chi connectivity index (χ4v) is 4.40. The summed E-state index contributed by atoms with van der Waals surface area (Å²) in [5.41, 5.74) is 3.45. The number of methoxy groups -OCH3 is 1. The van der Waals surface area contributed by atoms with Crippen LogP contribution in [0.25, 0.3) is 17.2 Å². The lowest BCUT2D eigenvalue weighted by Crippen LogP contribution is -2.47. The number of halogens is 1. The molecule has 2 aromatic rings. The molecule has 1 unspecified atom stereocenters. The molecule has 1 aliphatic carbocycles. The third-order valence-electron chi connectivity index (χ3n) is 6.03. The summed E-state index contributed by atoms with van der Waals surface area (Å²) in [6.45, 7) is 6.44. The quantitative estimate of drug-likeness (QED) is 0.478. The van der Waals surface area contributed by atoms with Gasteiger partial charge >= 0.3 is 0 Å². The lowest BCUT2D eigenvalue weighted by atomic mass is 9.70. The molecule has 0 bridgehead atoms. The Balaban J connectivity index is 1.75. The maximum absolute atomic E-state index is 13.1. The molecule has 0 aliphatic heterocycles. The monoisotopic (exact) mass is 440 g/mol. The first kappa shape index (κ1) is 20.9. The standard InChI is InChI=1S/C25H29BrO2/c1-17(2)25(26)16-15-18(3)23(24(25)27)14-7-19-5-8-20(9-6-19)21-10-12-22(28-4)13-11-21/h5-14,17-18,23H,15-16H2,1-4H3/b14-7+/t18-,23?,25+/m1/s1. The van der Waals surface area contributed by atoms with Gasteiger partial charge in [0.15, 0.2) is 5.78 Å². The smallest absolute Gasteiger partial charge is 0.156 e. The number of allylic oxidation sites excluding steroid dienone is 1. The van der Waals surface area contributed by atoms with E-state index in [4.69, 9.17) is 4.74 Å². The molecule has 0 saturated heterocycles. The van der Waals surface area contributed by atoms with Crippen molar-refractivity contribution in [3.8, 4) is 16.9 Å². The number of Topliss-reactive ketones (excluding diaryl/α,β-unsaturated/α-hetero) is 1. The molecule has 0 aromatic heterocycles. The van der Waals surface area contributed by atoms with Gasteiger partial charge in [-0.15, -0.1) is 0 Å². The van der Waals surface area contributed by atoms with Gasteiger partial charge in [-0.1, -0.05) is 85.3 Å². The topological polar surface area (TPSA) is 26.3 Å². The zero-order valence-electron chi connectivity index (χ0n) is 17.1. The van der Waals surface area contributed by atoms with Gasteiger partial charge in [-0.2, -0.15) is 0 Å².